The Morgan fingerprint density at radius 1 is 1.11 bits per heavy atom. The van der Waals surface area contributed by atoms with Gasteiger partial charge in [-0.25, -0.2) is 15.0 Å². The van der Waals surface area contributed by atoms with Crippen LogP contribution in [0.3, 0.4) is 0 Å². The molecule has 0 aromatic carbocycles. The Hall–Kier alpha value is -2.85. The maximum Gasteiger partial charge on any atom is 0.250 e. The molecule has 2 spiro atoms. The quantitative estimate of drug-likeness (QED) is 0.572. The Balaban J connectivity index is 1.17. The molecule has 0 bridgehead atoms. The van der Waals surface area contributed by atoms with Crippen molar-refractivity contribution in [1.29, 1.82) is 0 Å². The fraction of sp³-hybridized carbons (Fsp3) is 0.538. The van der Waals surface area contributed by atoms with E-state index in [0.29, 0.717) is 11.5 Å². The Kier molecular flexibility index (Phi) is 5.02. The van der Waals surface area contributed by atoms with Gasteiger partial charge in [-0.2, -0.15) is 0 Å². The predicted octanol–water partition coefficient (Wildman–Crippen LogP) is 3.98. The fourth-order valence-corrected chi connectivity index (χ4v) is 7.39. The molecule has 0 radical (unpaired) electrons. The number of rotatable bonds is 3. The summed E-state index contributed by atoms with van der Waals surface area (Å²) in [6, 6.07) is 1.96. The number of imidazole rings is 1. The number of carbonyl (C=O) groups is 1. The molecule has 0 unspecified atom stereocenters. The minimum absolute atomic E-state index is 0.0722. The number of piperidine rings is 1. The lowest BCUT2D eigenvalue weighted by atomic mass is 9.73. The smallest absolute Gasteiger partial charge is 0.250 e. The summed E-state index contributed by atoms with van der Waals surface area (Å²) in [5.74, 6) is 1.84. The average Bonchev–Trinajstić information content (AvgIpc) is 3.47. The summed E-state index contributed by atoms with van der Waals surface area (Å²) in [5, 5.41) is 3.17. The SMILES string of the molecule is C[C@H]1CC2(CCN(c3ncc(Sc4ccnc5c4NC(=O)C4(CCC4)N5C)c4nccn34)CC2)CO1. The minimum atomic E-state index is -0.446. The number of nitrogens with one attached hydrogen (secondary N) is 1. The topological polar surface area (TPSA) is 87.9 Å². The molecular weight excluding hydrogens is 474 g/mol. The van der Waals surface area contributed by atoms with Crippen LogP contribution in [0, 0.1) is 5.41 Å². The number of nitrogens with zero attached hydrogens (tertiary/aromatic N) is 6. The first-order chi connectivity index (χ1) is 17.5. The lowest BCUT2D eigenvalue weighted by molar-refractivity contribution is -0.124. The Morgan fingerprint density at radius 3 is 2.67 bits per heavy atom. The van der Waals surface area contributed by atoms with Crippen molar-refractivity contribution in [1.82, 2.24) is 19.4 Å². The summed E-state index contributed by atoms with van der Waals surface area (Å²) in [6.45, 7) is 5.01. The molecule has 3 aromatic rings. The van der Waals surface area contributed by atoms with E-state index in [1.807, 2.05) is 37.9 Å². The van der Waals surface area contributed by atoms with Gasteiger partial charge in [-0.15, -0.1) is 0 Å². The van der Waals surface area contributed by atoms with E-state index in [1.165, 1.54) is 0 Å². The second kappa shape index (κ2) is 8.08. The second-order valence-corrected chi connectivity index (χ2v) is 11.9. The van der Waals surface area contributed by atoms with Gasteiger partial charge < -0.3 is 19.9 Å². The van der Waals surface area contributed by atoms with Crippen LogP contribution < -0.4 is 15.1 Å². The van der Waals surface area contributed by atoms with Crippen LogP contribution in [0.1, 0.15) is 45.4 Å². The van der Waals surface area contributed by atoms with E-state index >= 15 is 0 Å². The number of amides is 1. The zero-order valence-corrected chi connectivity index (χ0v) is 21.6. The molecule has 4 aliphatic rings. The minimum Gasteiger partial charge on any atom is -0.378 e. The highest BCUT2D eigenvalue weighted by molar-refractivity contribution is 7.99. The maximum absolute atomic E-state index is 13.0. The molecule has 1 saturated carbocycles. The third kappa shape index (κ3) is 3.26. The van der Waals surface area contributed by atoms with Gasteiger partial charge in [0.2, 0.25) is 11.9 Å². The zero-order valence-electron chi connectivity index (χ0n) is 20.7. The Morgan fingerprint density at radius 2 is 1.94 bits per heavy atom. The highest BCUT2D eigenvalue weighted by atomic mass is 32.2. The largest absolute Gasteiger partial charge is 0.378 e. The van der Waals surface area contributed by atoms with E-state index in [-0.39, 0.29) is 5.91 Å². The van der Waals surface area contributed by atoms with Crippen molar-refractivity contribution in [3.63, 3.8) is 0 Å². The molecule has 1 atom stereocenters. The van der Waals surface area contributed by atoms with E-state index in [4.69, 9.17) is 9.72 Å². The number of aromatic nitrogens is 4. The standard InChI is InChI=1S/C26H31N7O2S/c1-17-14-25(16-35-17)7-11-32(12-8-25)24-29-15-19(21-28-10-13-33(21)24)36-18-4-9-27-22-20(18)30-23(34)26(31(22)2)5-3-6-26/h4,9-10,13,15,17H,3,5-8,11-12,14,16H2,1-2H3,(H,30,34)/t17-/m0/s1. The van der Waals surface area contributed by atoms with Crippen LogP contribution in [0.15, 0.2) is 40.6 Å². The number of hydrogen-bond donors (Lipinski definition) is 1. The molecule has 1 amide bonds. The van der Waals surface area contributed by atoms with E-state index in [2.05, 4.69) is 36.4 Å². The molecule has 6 heterocycles. The van der Waals surface area contributed by atoms with E-state index < -0.39 is 5.54 Å². The van der Waals surface area contributed by atoms with Gasteiger partial charge in [-0.1, -0.05) is 11.8 Å². The third-order valence-corrected chi connectivity index (χ3v) is 9.86. The Bertz CT molecular complexity index is 1350. The number of likely N-dealkylation sites (N-methyl/N-ethyl adjacent to an activating group) is 1. The predicted molar refractivity (Wildman–Crippen MR) is 139 cm³/mol. The van der Waals surface area contributed by atoms with Gasteiger partial charge in [0.1, 0.15) is 5.54 Å². The van der Waals surface area contributed by atoms with Gasteiger partial charge in [0.05, 0.1) is 23.3 Å². The van der Waals surface area contributed by atoms with Crippen molar-refractivity contribution in [2.24, 2.45) is 5.41 Å². The molecular formula is C26H31N7O2S. The number of hydrogen-bond acceptors (Lipinski definition) is 8. The molecule has 10 heteroatoms. The van der Waals surface area contributed by atoms with Crippen LogP contribution in [0.25, 0.3) is 5.65 Å². The second-order valence-electron chi connectivity index (χ2n) is 10.9. The first-order valence-corrected chi connectivity index (χ1v) is 13.7. The molecule has 9 nitrogen and oxygen atoms in total. The van der Waals surface area contributed by atoms with Gasteiger partial charge in [-0.3, -0.25) is 9.20 Å². The number of pyridine rings is 1. The van der Waals surface area contributed by atoms with E-state index in [1.54, 1.807) is 11.8 Å². The van der Waals surface area contributed by atoms with Crippen molar-refractivity contribution >= 4 is 40.8 Å². The monoisotopic (exact) mass is 505 g/mol. The summed E-state index contributed by atoms with van der Waals surface area (Å²) >= 11 is 1.57. The van der Waals surface area contributed by atoms with Crippen LogP contribution in [0.4, 0.5) is 17.5 Å². The first kappa shape index (κ1) is 22.4. The fourth-order valence-electron chi connectivity index (χ4n) is 6.43. The van der Waals surface area contributed by atoms with Gasteiger partial charge in [0.25, 0.3) is 0 Å². The number of fused-ring (bicyclic) bond motifs is 2. The van der Waals surface area contributed by atoms with Gasteiger partial charge in [0, 0.05) is 49.8 Å². The van der Waals surface area contributed by atoms with Crippen LogP contribution >= 0.6 is 11.8 Å². The summed E-state index contributed by atoms with van der Waals surface area (Å²) in [6.07, 6.45) is 14.2. The number of anilines is 3. The van der Waals surface area contributed by atoms with Gasteiger partial charge >= 0.3 is 0 Å². The highest BCUT2D eigenvalue weighted by Gasteiger charge is 2.51. The lowest BCUT2D eigenvalue weighted by Gasteiger charge is -2.50. The zero-order chi connectivity index (χ0) is 24.5. The van der Waals surface area contributed by atoms with Crippen molar-refractivity contribution in [3.8, 4) is 0 Å². The van der Waals surface area contributed by atoms with Crippen molar-refractivity contribution < 1.29 is 9.53 Å². The molecule has 1 aliphatic carbocycles. The van der Waals surface area contributed by atoms with Crippen molar-refractivity contribution in [2.75, 3.05) is 41.9 Å². The molecule has 2 saturated heterocycles. The molecule has 3 aromatic heterocycles. The number of ether oxygens (including phenoxy) is 1. The third-order valence-electron chi connectivity index (χ3n) is 8.79. The molecule has 36 heavy (non-hydrogen) atoms. The molecule has 3 fully saturated rings. The normalized spacial score (nSPS) is 24.3. The van der Waals surface area contributed by atoms with Crippen LogP contribution in [-0.4, -0.2) is 63.6 Å². The average molecular weight is 506 g/mol. The van der Waals surface area contributed by atoms with Crippen LogP contribution in [-0.2, 0) is 9.53 Å². The van der Waals surface area contributed by atoms with Crippen molar-refractivity contribution in [2.45, 2.75) is 66.9 Å². The summed E-state index contributed by atoms with van der Waals surface area (Å²) in [4.78, 5) is 33.6. The van der Waals surface area contributed by atoms with E-state index in [9.17, 15) is 4.79 Å². The van der Waals surface area contributed by atoms with Crippen LogP contribution in [0.2, 0.25) is 0 Å². The first-order valence-electron chi connectivity index (χ1n) is 12.9. The maximum atomic E-state index is 13.0. The molecule has 3 aliphatic heterocycles. The van der Waals surface area contributed by atoms with Crippen molar-refractivity contribution in [3.05, 3.63) is 30.9 Å². The number of carbonyl (C=O) groups excluding carboxylic acids is 1. The molecule has 7 rings (SSSR count). The summed E-state index contributed by atoms with van der Waals surface area (Å²) < 4.78 is 8.00. The van der Waals surface area contributed by atoms with Crippen LogP contribution in [0.5, 0.6) is 0 Å². The summed E-state index contributed by atoms with van der Waals surface area (Å²) in [5.41, 5.74) is 1.53. The highest BCUT2D eigenvalue weighted by Crippen LogP contribution is 2.49. The molecule has 1 N–H and O–H groups in total. The summed E-state index contributed by atoms with van der Waals surface area (Å²) in [7, 11) is 1.99. The molecule has 188 valence electrons. The lowest BCUT2D eigenvalue weighted by Crippen LogP contribution is -2.62. The van der Waals surface area contributed by atoms with Gasteiger partial charge in [-0.05, 0) is 56.9 Å². The van der Waals surface area contributed by atoms with Gasteiger partial charge in [0.15, 0.2) is 11.5 Å². The Labute approximate surface area is 214 Å². The van der Waals surface area contributed by atoms with E-state index in [0.717, 1.165) is 91.1 Å².